The van der Waals surface area contributed by atoms with Crippen LogP contribution in [0.15, 0.2) is 12.3 Å². The summed E-state index contributed by atoms with van der Waals surface area (Å²) in [5.74, 6) is -0.705. The number of carboxylic acids is 1. The van der Waals surface area contributed by atoms with E-state index in [9.17, 15) is 14.9 Å². The molecule has 0 unspecified atom stereocenters. The number of aliphatic carboxylic acids is 1. The van der Waals surface area contributed by atoms with Crippen LogP contribution in [0.5, 0.6) is 0 Å². The predicted octanol–water partition coefficient (Wildman–Crippen LogP) is 1.21. The summed E-state index contributed by atoms with van der Waals surface area (Å²) in [6, 6.07) is 1.29. The lowest BCUT2D eigenvalue weighted by atomic mass is 10.2. The molecule has 0 aliphatic heterocycles. The van der Waals surface area contributed by atoms with Crippen molar-refractivity contribution in [3.8, 4) is 0 Å². The van der Waals surface area contributed by atoms with E-state index in [4.69, 9.17) is 5.11 Å². The first-order valence-electron chi connectivity index (χ1n) is 5.03. The number of aryl methyl sites for hydroxylation is 1. The lowest BCUT2D eigenvalue weighted by Crippen LogP contribution is -2.30. The molecule has 0 saturated carbocycles. The fraction of sp³-hybridized carbons (Fsp3) is 0.400. The summed E-state index contributed by atoms with van der Waals surface area (Å²) in [4.78, 5) is 26.3. The van der Waals surface area contributed by atoms with Gasteiger partial charge < -0.3 is 10.0 Å². The third kappa shape index (κ3) is 3.13. The van der Waals surface area contributed by atoms with Gasteiger partial charge in [0.1, 0.15) is 12.4 Å². The van der Waals surface area contributed by atoms with Gasteiger partial charge in [-0.05, 0) is 13.8 Å². The van der Waals surface area contributed by atoms with E-state index in [-0.39, 0.29) is 12.2 Å². The summed E-state index contributed by atoms with van der Waals surface area (Å²) < 4.78 is 0. The van der Waals surface area contributed by atoms with Gasteiger partial charge in [-0.2, -0.15) is 0 Å². The zero-order valence-electron chi connectivity index (χ0n) is 9.58. The number of pyridine rings is 1. The molecule has 92 valence electrons. The molecule has 1 rings (SSSR count). The Hall–Kier alpha value is -2.18. The lowest BCUT2D eigenvalue weighted by Gasteiger charge is -2.19. The molecular weight excluding hydrogens is 226 g/mol. The van der Waals surface area contributed by atoms with Gasteiger partial charge in [0.05, 0.1) is 11.0 Å². The van der Waals surface area contributed by atoms with Gasteiger partial charge in [0.15, 0.2) is 0 Å². The van der Waals surface area contributed by atoms with Crippen molar-refractivity contribution >= 4 is 17.5 Å². The van der Waals surface area contributed by atoms with E-state index < -0.39 is 10.9 Å². The van der Waals surface area contributed by atoms with Crippen molar-refractivity contribution in [3.63, 3.8) is 0 Å². The molecule has 0 aromatic carbocycles. The number of likely N-dealkylation sites (N-methyl/N-ethyl adjacent to an activating group) is 1. The molecule has 7 nitrogen and oxygen atoms in total. The van der Waals surface area contributed by atoms with Gasteiger partial charge in [0, 0.05) is 18.3 Å². The van der Waals surface area contributed by atoms with Gasteiger partial charge >= 0.3 is 5.97 Å². The molecule has 1 N–H and O–H groups in total. The first kappa shape index (κ1) is 12.9. The van der Waals surface area contributed by atoms with Gasteiger partial charge in [0.2, 0.25) is 0 Å². The maximum atomic E-state index is 10.8. The number of nitrogens with zero attached hydrogens (tertiary/aromatic N) is 3. The summed E-state index contributed by atoms with van der Waals surface area (Å²) in [5.41, 5.74) is 0.393. The summed E-state index contributed by atoms with van der Waals surface area (Å²) in [6.45, 7) is 3.53. The van der Waals surface area contributed by atoms with Crippen LogP contribution in [-0.2, 0) is 4.79 Å². The van der Waals surface area contributed by atoms with Gasteiger partial charge in [-0.1, -0.05) is 0 Å². The van der Waals surface area contributed by atoms with Crippen LogP contribution >= 0.6 is 0 Å². The molecule has 0 saturated heterocycles. The van der Waals surface area contributed by atoms with E-state index in [0.717, 1.165) is 0 Å². The number of carbonyl (C=O) groups is 1. The number of nitro groups is 1. The van der Waals surface area contributed by atoms with Crippen LogP contribution in [-0.4, -0.2) is 34.1 Å². The predicted molar refractivity (Wildman–Crippen MR) is 61.2 cm³/mol. The third-order valence-electron chi connectivity index (χ3n) is 2.29. The van der Waals surface area contributed by atoms with Crippen molar-refractivity contribution in [2.45, 2.75) is 13.8 Å². The lowest BCUT2D eigenvalue weighted by molar-refractivity contribution is -0.385. The van der Waals surface area contributed by atoms with E-state index in [1.54, 1.807) is 13.8 Å². The summed E-state index contributed by atoms with van der Waals surface area (Å²) in [5, 5.41) is 19.5. The first-order chi connectivity index (χ1) is 7.95. The molecule has 1 aromatic rings. The Morgan fingerprint density at radius 1 is 1.65 bits per heavy atom. The fourth-order valence-electron chi connectivity index (χ4n) is 1.39. The molecule has 1 aromatic heterocycles. The van der Waals surface area contributed by atoms with Crippen LogP contribution in [0.4, 0.5) is 11.5 Å². The standard InChI is InChI=1S/C10H13N3O4/c1-3-12(6-10(14)15)9-4-8(13(16)17)7(2)5-11-9/h4-5H,3,6H2,1-2H3,(H,14,15). The molecule has 0 radical (unpaired) electrons. The third-order valence-corrected chi connectivity index (χ3v) is 2.29. The van der Waals surface area contributed by atoms with Crippen LogP contribution in [0.2, 0.25) is 0 Å². The van der Waals surface area contributed by atoms with E-state index in [1.165, 1.54) is 17.2 Å². The second-order valence-electron chi connectivity index (χ2n) is 3.49. The van der Waals surface area contributed by atoms with E-state index in [2.05, 4.69) is 4.98 Å². The average molecular weight is 239 g/mol. The molecule has 1 heterocycles. The van der Waals surface area contributed by atoms with Crippen LogP contribution in [0.1, 0.15) is 12.5 Å². The largest absolute Gasteiger partial charge is 0.480 e. The van der Waals surface area contributed by atoms with E-state index in [1.807, 2.05) is 0 Å². The highest BCUT2D eigenvalue weighted by Gasteiger charge is 2.16. The van der Waals surface area contributed by atoms with Gasteiger partial charge in [0.25, 0.3) is 5.69 Å². The average Bonchev–Trinajstić information content (AvgIpc) is 2.26. The van der Waals surface area contributed by atoms with Crippen molar-refractivity contribution in [3.05, 3.63) is 27.9 Å². The highest BCUT2D eigenvalue weighted by Crippen LogP contribution is 2.22. The van der Waals surface area contributed by atoms with E-state index >= 15 is 0 Å². The second-order valence-corrected chi connectivity index (χ2v) is 3.49. The normalized spacial score (nSPS) is 10.0. The minimum Gasteiger partial charge on any atom is -0.480 e. The number of rotatable bonds is 5. The number of hydrogen-bond donors (Lipinski definition) is 1. The molecule has 7 heteroatoms. The monoisotopic (exact) mass is 239 g/mol. The van der Waals surface area contributed by atoms with Gasteiger partial charge in [-0.15, -0.1) is 0 Å². The highest BCUT2D eigenvalue weighted by atomic mass is 16.6. The number of hydrogen-bond acceptors (Lipinski definition) is 5. The summed E-state index contributed by atoms with van der Waals surface area (Å²) in [6.07, 6.45) is 1.37. The second kappa shape index (κ2) is 5.24. The Bertz CT molecular complexity index is 447. The van der Waals surface area contributed by atoms with Gasteiger partial charge in [-0.3, -0.25) is 14.9 Å². The molecule has 0 fully saturated rings. The zero-order valence-corrected chi connectivity index (χ0v) is 9.58. The molecule has 0 aliphatic rings. The van der Waals surface area contributed by atoms with Crippen LogP contribution in [0.25, 0.3) is 0 Å². The van der Waals surface area contributed by atoms with Crippen molar-refractivity contribution in [1.29, 1.82) is 0 Å². The van der Waals surface area contributed by atoms with Crippen LogP contribution in [0.3, 0.4) is 0 Å². The van der Waals surface area contributed by atoms with Crippen LogP contribution in [0, 0.1) is 17.0 Å². The van der Waals surface area contributed by atoms with Crippen molar-refractivity contribution in [2.24, 2.45) is 0 Å². The maximum Gasteiger partial charge on any atom is 0.323 e. The van der Waals surface area contributed by atoms with Crippen molar-refractivity contribution in [2.75, 3.05) is 18.0 Å². The molecular formula is C10H13N3O4. The minimum atomic E-state index is -1.00. The quantitative estimate of drug-likeness (QED) is 0.612. The molecule has 0 bridgehead atoms. The van der Waals surface area contributed by atoms with Crippen molar-refractivity contribution in [1.82, 2.24) is 4.98 Å². The number of aromatic nitrogens is 1. The zero-order chi connectivity index (χ0) is 13.0. The molecule has 0 spiro atoms. The Kier molecular flexibility index (Phi) is 3.97. The summed E-state index contributed by atoms with van der Waals surface area (Å²) in [7, 11) is 0. The van der Waals surface area contributed by atoms with Crippen LogP contribution < -0.4 is 4.90 Å². The number of carboxylic acid groups (broad SMARTS) is 1. The Morgan fingerprint density at radius 3 is 2.76 bits per heavy atom. The maximum absolute atomic E-state index is 10.8. The topological polar surface area (TPSA) is 96.6 Å². The Balaban J connectivity index is 3.08. The Morgan fingerprint density at radius 2 is 2.29 bits per heavy atom. The minimum absolute atomic E-state index is 0.0566. The molecule has 17 heavy (non-hydrogen) atoms. The smallest absolute Gasteiger partial charge is 0.323 e. The number of anilines is 1. The first-order valence-corrected chi connectivity index (χ1v) is 5.03. The fourth-order valence-corrected chi connectivity index (χ4v) is 1.39. The SMILES string of the molecule is CCN(CC(=O)O)c1cc([N+](=O)[O-])c(C)cn1. The molecule has 0 atom stereocenters. The van der Waals surface area contributed by atoms with Gasteiger partial charge in [-0.25, -0.2) is 4.98 Å². The molecule has 0 aliphatic carbocycles. The highest BCUT2D eigenvalue weighted by molar-refractivity contribution is 5.73. The van der Waals surface area contributed by atoms with Crippen molar-refractivity contribution < 1.29 is 14.8 Å². The van der Waals surface area contributed by atoms with E-state index in [0.29, 0.717) is 17.9 Å². The summed E-state index contributed by atoms with van der Waals surface area (Å²) >= 11 is 0. The Labute approximate surface area is 97.8 Å². The molecule has 0 amide bonds.